The highest BCUT2D eigenvalue weighted by atomic mass is 19.1. The molecule has 1 atom stereocenters. The van der Waals surface area contributed by atoms with E-state index in [2.05, 4.69) is 19.8 Å². The summed E-state index contributed by atoms with van der Waals surface area (Å²) in [5.74, 6) is -0.232. The molecule has 2 aromatic heterocycles. The summed E-state index contributed by atoms with van der Waals surface area (Å²) < 4.78 is 27.9. The molecule has 2 aliphatic heterocycles. The Labute approximate surface area is 267 Å². The molecule has 0 saturated carbocycles. The van der Waals surface area contributed by atoms with Crippen molar-refractivity contribution in [3.63, 3.8) is 0 Å². The van der Waals surface area contributed by atoms with Gasteiger partial charge in [0.05, 0.1) is 53.0 Å². The van der Waals surface area contributed by atoms with E-state index in [-0.39, 0.29) is 29.1 Å². The second kappa shape index (κ2) is 13.0. The van der Waals surface area contributed by atoms with Crippen LogP contribution in [0, 0.1) is 17.1 Å². The maximum absolute atomic E-state index is 14.4. The maximum atomic E-state index is 14.4. The standard InChI is InChI=1S/C35H37FN6O4/c1-35(2,3)46-34(44)24-8-10-29-30(18-24)42(20-25-13-16-45-25)32(39-29)21-41-14-11-23(12-15-41)28-5-4-6-31(38-28)40-33(43)26-9-7-22(19-37)17-27(26)36/h4-10,17-18,23,25H,11-16,20-21H2,1-3H3,(H,38,40,43)/t25-/m0/s1. The number of hydrogen-bond acceptors (Lipinski definition) is 8. The normalized spacial score (nSPS) is 17.3. The smallest absolute Gasteiger partial charge is 0.338 e. The van der Waals surface area contributed by atoms with Gasteiger partial charge in [0.15, 0.2) is 0 Å². The van der Waals surface area contributed by atoms with Crippen molar-refractivity contribution in [1.29, 1.82) is 5.26 Å². The number of fused-ring (bicyclic) bond motifs is 1. The third-order valence-electron chi connectivity index (χ3n) is 8.37. The summed E-state index contributed by atoms with van der Waals surface area (Å²) in [4.78, 5) is 37.5. The number of ether oxygens (including phenoxy) is 2. The SMILES string of the molecule is CC(C)(C)OC(=O)c1ccc2nc(CN3CCC(c4cccc(NC(=O)c5ccc(C#N)cc5F)n4)CC3)n(C[C@@H]3CCO3)c2c1. The lowest BCUT2D eigenvalue weighted by Gasteiger charge is -2.32. The molecule has 0 aliphatic carbocycles. The average molecular weight is 625 g/mol. The number of nitrogens with zero attached hydrogens (tertiary/aromatic N) is 5. The fraction of sp³-hybridized carbons (Fsp3) is 0.400. The molecule has 1 amide bonds. The minimum atomic E-state index is -0.753. The molecule has 46 heavy (non-hydrogen) atoms. The summed E-state index contributed by atoms with van der Waals surface area (Å²) in [6.45, 7) is 9.34. The number of imidazole rings is 1. The number of carbonyl (C=O) groups is 2. The summed E-state index contributed by atoms with van der Waals surface area (Å²) in [6.07, 6.45) is 2.87. The van der Waals surface area contributed by atoms with Crippen molar-refractivity contribution in [2.75, 3.05) is 25.0 Å². The van der Waals surface area contributed by atoms with Gasteiger partial charge < -0.3 is 19.4 Å². The van der Waals surface area contributed by atoms with Crippen molar-refractivity contribution in [1.82, 2.24) is 19.4 Å². The Morgan fingerprint density at radius 1 is 1.09 bits per heavy atom. The number of aromatic nitrogens is 3. The number of esters is 1. The van der Waals surface area contributed by atoms with Crippen LogP contribution in [0.3, 0.4) is 0 Å². The van der Waals surface area contributed by atoms with Gasteiger partial charge in [-0.2, -0.15) is 5.26 Å². The monoisotopic (exact) mass is 624 g/mol. The molecule has 4 aromatic rings. The fourth-order valence-corrected chi connectivity index (χ4v) is 5.88. The molecular weight excluding hydrogens is 587 g/mol. The first-order valence-electron chi connectivity index (χ1n) is 15.6. The number of carbonyl (C=O) groups excluding carboxylic acids is 2. The Kier molecular flexibility index (Phi) is 8.84. The molecule has 0 bridgehead atoms. The molecule has 4 heterocycles. The molecule has 0 spiro atoms. The van der Waals surface area contributed by atoms with E-state index in [4.69, 9.17) is 19.7 Å². The number of nitriles is 1. The predicted molar refractivity (Wildman–Crippen MR) is 170 cm³/mol. The second-order valence-corrected chi connectivity index (χ2v) is 12.9. The van der Waals surface area contributed by atoms with Crippen LogP contribution in [0.25, 0.3) is 11.0 Å². The van der Waals surface area contributed by atoms with Gasteiger partial charge in [-0.3, -0.25) is 9.69 Å². The number of pyridine rings is 1. The molecule has 0 unspecified atom stereocenters. The number of hydrogen-bond donors (Lipinski definition) is 1. The number of nitrogens with one attached hydrogen (secondary N) is 1. The van der Waals surface area contributed by atoms with E-state index in [0.717, 1.165) is 67.6 Å². The van der Waals surface area contributed by atoms with Gasteiger partial charge in [-0.15, -0.1) is 0 Å². The minimum Gasteiger partial charge on any atom is -0.456 e. The van der Waals surface area contributed by atoms with E-state index in [1.165, 1.54) is 12.1 Å². The zero-order chi connectivity index (χ0) is 32.4. The van der Waals surface area contributed by atoms with Gasteiger partial charge in [0.1, 0.15) is 23.1 Å². The van der Waals surface area contributed by atoms with Crippen LogP contribution in [0.5, 0.6) is 0 Å². The fourth-order valence-electron chi connectivity index (χ4n) is 5.88. The van der Waals surface area contributed by atoms with Gasteiger partial charge in [0.2, 0.25) is 0 Å². The first-order chi connectivity index (χ1) is 22.1. The third-order valence-corrected chi connectivity index (χ3v) is 8.37. The van der Waals surface area contributed by atoms with Crippen molar-refractivity contribution in [2.24, 2.45) is 0 Å². The average Bonchev–Trinajstić information content (AvgIpc) is 3.34. The van der Waals surface area contributed by atoms with Gasteiger partial charge in [0.25, 0.3) is 5.91 Å². The largest absolute Gasteiger partial charge is 0.456 e. The molecule has 2 aromatic carbocycles. The molecule has 6 rings (SSSR count). The van der Waals surface area contributed by atoms with Gasteiger partial charge in [-0.25, -0.2) is 19.2 Å². The number of halogens is 1. The predicted octanol–water partition coefficient (Wildman–Crippen LogP) is 5.82. The van der Waals surface area contributed by atoms with Gasteiger partial charge in [0, 0.05) is 18.2 Å². The lowest BCUT2D eigenvalue weighted by molar-refractivity contribution is -0.0592. The molecule has 2 aliphatic rings. The van der Waals surface area contributed by atoms with Gasteiger partial charge in [-0.05, 0) is 102 Å². The highest BCUT2D eigenvalue weighted by Gasteiger charge is 2.27. The number of rotatable bonds is 8. The summed E-state index contributed by atoms with van der Waals surface area (Å²) in [5.41, 5.74) is 2.53. The van der Waals surface area contributed by atoms with E-state index in [1.807, 2.05) is 51.1 Å². The molecule has 2 saturated heterocycles. The number of amides is 1. The van der Waals surface area contributed by atoms with Crippen LogP contribution in [0.1, 0.15) is 83.7 Å². The van der Waals surface area contributed by atoms with Crippen molar-refractivity contribution < 1.29 is 23.5 Å². The Balaban J connectivity index is 1.12. The molecule has 238 valence electrons. The van der Waals surface area contributed by atoms with Crippen LogP contribution in [0.2, 0.25) is 0 Å². The second-order valence-electron chi connectivity index (χ2n) is 12.9. The van der Waals surface area contributed by atoms with E-state index in [9.17, 15) is 14.0 Å². The summed E-state index contributed by atoms with van der Waals surface area (Å²) >= 11 is 0. The van der Waals surface area contributed by atoms with Crippen molar-refractivity contribution >= 4 is 28.7 Å². The quantitative estimate of drug-likeness (QED) is 0.244. The third kappa shape index (κ3) is 7.09. The first kappa shape index (κ1) is 31.3. The van der Waals surface area contributed by atoms with E-state index in [1.54, 1.807) is 12.1 Å². The van der Waals surface area contributed by atoms with E-state index >= 15 is 0 Å². The van der Waals surface area contributed by atoms with Crippen LogP contribution in [-0.2, 0) is 22.6 Å². The van der Waals surface area contributed by atoms with E-state index in [0.29, 0.717) is 24.5 Å². The van der Waals surface area contributed by atoms with E-state index < -0.39 is 17.3 Å². The van der Waals surface area contributed by atoms with Crippen molar-refractivity contribution in [3.8, 4) is 6.07 Å². The Hall–Kier alpha value is -4.66. The topological polar surface area (TPSA) is 122 Å². The van der Waals surface area contributed by atoms with Gasteiger partial charge in [-0.1, -0.05) is 6.07 Å². The molecule has 10 nitrogen and oxygen atoms in total. The highest BCUT2D eigenvalue weighted by molar-refractivity contribution is 6.04. The molecular formula is C35H37FN6O4. The molecule has 2 fully saturated rings. The maximum Gasteiger partial charge on any atom is 0.338 e. The van der Waals surface area contributed by atoms with Crippen LogP contribution in [0.4, 0.5) is 10.2 Å². The lowest BCUT2D eigenvalue weighted by atomic mass is 9.93. The first-order valence-corrected chi connectivity index (χ1v) is 15.6. The number of benzene rings is 2. The molecule has 1 N–H and O–H groups in total. The minimum absolute atomic E-state index is 0.124. The number of piperidine rings is 1. The molecule has 11 heteroatoms. The Morgan fingerprint density at radius 3 is 2.54 bits per heavy atom. The molecule has 0 radical (unpaired) electrons. The van der Waals surface area contributed by atoms with Crippen molar-refractivity contribution in [2.45, 2.75) is 70.7 Å². The van der Waals surface area contributed by atoms with Crippen LogP contribution < -0.4 is 5.32 Å². The van der Waals surface area contributed by atoms with Crippen molar-refractivity contribution in [3.05, 3.63) is 88.6 Å². The van der Waals surface area contributed by atoms with Crippen LogP contribution >= 0.6 is 0 Å². The Bertz CT molecular complexity index is 1810. The summed E-state index contributed by atoms with van der Waals surface area (Å²) in [7, 11) is 0. The summed E-state index contributed by atoms with van der Waals surface area (Å²) in [6, 6.07) is 16.6. The number of anilines is 1. The van der Waals surface area contributed by atoms with Crippen LogP contribution in [0.15, 0.2) is 54.6 Å². The lowest BCUT2D eigenvalue weighted by Crippen LogP contribution is -2.35. The van der Waals surface area contributed by atoms with Crippen LogP contribution in [-0.4, -0.2) is 62.7 Å². The number of likely N-dealkylation sites (tertiary alicyclic amines) is 1. The Morgan fingerprint density at radius 2 is 1.87 bits per heavy atom. The summed E-state index contributed by atoms with van der Waals surface area (Å²) in [5, 5.41) is 11.6. The zero-order valence-electron chi connectivity index (χ0n) is 26.3. The highest BCUT2D eigenvalue weighted by Crippen LogP contribution is 2.30. The zero-order valence-corrected chi connectivity index (χ0v) is 26.3. The van der Waals surface area contributed by atoms with Gasteiger partial charge >= 0.3 is 5.97 Å².